The lowest BCUT2D eigenvalue weighted by Gasteiger charge is -2.33. The van der Waals surface area contributed by atoms with Crippen molar-refractivity contribution in [3.8, 4) is 0 Å². The van der Waals surface area contributed by atoms with Gasteiger partial charge >= 0.3 is 0 Å². The Hall–Kier alpha value is -2.26. The van der Waals surface area contributed by atoms with Gasteiger partial charge in [0.25, 0.3) is 5.91 Å². The van der Waals surface area contributed by atoms with Crippen LogP contribution in [-0.2, 0) is 28.7 Å². The normalized spacial score (nSPS) is 18.1. The lowest BCUT2D eigenvalue weighted by atomic mass is 10.1. The highest BCUT2D eigenvalue weighted by Crippen LogP contribution is 2.18. The van der Waals surface area contributed by atoms with Gasteiger partial charge in [-0.1, -0.05) is 12.1 Å². The summed E-state index contributed by atoms with van der Waals surface area (Å²) in [6.45, 7) is 2.02. The molecule has 0 radical (unpaired) electrons. The number of halogens is 1. The predicted molar refractivity (Wildman–Crippen MR) is 102 cm³/mol. The van der Waals surface area contributed by atoms with Gasteiger partial charge in [-0.2, -0.15) is 9.40 Å². The van der Waals surface area contributed by atoms with Crippen molar-refractivity contribution < 1.29 is 17.6 Å². The minimum absolute atomic E-state index is 0.141. The number of carbonyl (C=O) groups is 1. The first-order valence-corrected chi connectivity index (χ1v) is 11.1. The van der Waals surface area contributed by atoms with Gasteiger partial charge in [-0.3, -0.25) is 9.48 Å². The van der Waals surface area contributed by atoms with Crippen LogP contribution in [0.1, 0.15) is 34.6 Å². The van der Waals surface area contributed by atoms with Gasteiger partial charge in [0.2, 0.25) is 10.0 Å². The van der Waals surface area contributed by atoms with Gasteiger partial charge in [-0.15, -0.1) is 0 Å². The van der Waals surface area contributed by atoms with Crippen molar-refractivity contribution in [2.75, 3.05) is 26.2 Å². The number of hydrogen-bond acceptors (Lipinski definition) is 4. The Kier molecular flexibility index (Phi) is 5.20. The van der Waals surface area contributed by atoms with E-state index in [0.717, 1.165) is 31.5 Å². The Morgan fingerprint density at radius 3 is 2.43 bits per heavy atom. The third kappa shape index (κ3) is 3.95. The molecule has 0 N–H and O–H groups in total. The van der Waals surface area contributed by atoms with E-state index in [1.807, 2.05) is 10.7 Å². The average molecular weight is 406 g/mol. The molecule has 0 bridgehead atoms. The Morgan fingerprint density at radius 2 is 1.75 bits per heavy atom. The number of rotatable bonds is 4. The summed E-state index contributed by atoms with van der Waals surface area (Å²) in [5, 5.41) is 4.42. The Labute approximate surface area is 163 Å². The zero-order chi connectivity index (χ0) is 19.7. The fraction of sp³-hybridized carbons (Fsp3) is 0.474. The summed E-state index contributed by atoms with van der Waals surface area (Å²) in [7, 11) is -3.51. The molecule has 0 spiro atoms. The van der Waals surface area contributed by atoms with Crippen LogP contribution >= 0.6 is 0 Å². The molecule has 1 amide bonds. The predicted octanol–water partition coefficient (Wildman–Crippen LogP) is 1.65. The molecule has 2 aromatic rings. The number of piperazine rings is 1. The van der Waals surface area contributed by atoms with Crippen LogP contribution in [0.5, 0.6) is 0 Å². The van der Waals surface area contributed by atoms with E-state index in [0.29, 0.717) is 24.3 Å². The summed E-state index contributed by atoms with van der Waals surface area (Å²) in [5.74, 6) is -0.707. The van der Waals surface area contributed by atoms with Crippen LogP contribution in [0, 0.1) is 5.82 Å². The molecule has 1 fully saturated rings. The molecule has 28 heavy (non-hydrogen) atoms. The summed E-state index contributed by atoms with van der Waals surface area (Å²) < 4.78 is 41.6. The van der Waals surface area contributed by atoms with Gasteiger partial charge in [-0.05, 0) is 43.0 Å². The van der Waals surface area contributed by atoms with Crippen molar-refractivity contribution in [3.63, 3.8) is 0 Å². The minimum Gasteiger partial charge on any atom is -0.335 e. The maximum absolute atomic E-state index is 13.0. The van der Waals surface area contributed by atoms with Crippen LogP contribution in [-0.4, -0.2) is 59.5 Å². The molecule has 4 rings (SSSR count). The topological polar surface area (TPSA) is 75.5 Å². The number of amides is 1. The second-order valence-corrected chi connectivity index (χ2v) is 9.24. The second kappa shape index (κ2) is 7.63. The number of fused-ring (bicyclic) bond motifs is 1. The third-order valence-electron chi connectivity index (χ3n) is 5.32. The molecule has 2 aliphatic rings. The van der Waals surface area contributed by atoms with Crippen molar-refractivity contribution in [2.24, 2.45) is 0 Å². The molecule has 0 unspecified atom stereocenters. The first kappa shape index (κ1) is 19.1. The quantitative estimate of drug-likeness (QED) is 0.774. The third-order valence-corrected chi connectivity index (χ3v) is 7.17. The van der Waals surface area contributed by atoms with Gasteiger partial charge < -0.3 is 4.90 Å². The summed E-state index contributed by atoms with van der Waals surface area (Å²) in [4.78, 5) is 14.4. The number of benzene rings is 1. The molecule has 150 valence electrons. The highest BCUT2D eigenvalue weighted by molar-refractivity contribution is 7.88. The average Bonchev–Trinajstić information content (AvgIpc) is 3.13. The molecule has 1 saturated heterocycles. The Bertz CT molecular complexity index is 940. The van der Waals surface area contributed by atoms with E-state index in [4.69, 9.17) is 0 Å². The van der Waals surface area contributed by atoms with Gasteiger partial charge in [0.15, 0.2) is 5.69 Å². The van der Waals surface area contributed by atoms with E-state index in [1.165, 1.54) is 28.6 Å². The van der Waals surface area contributed by atoms with Crippen LogP contribution < -0.4 is 0 Å². The maximum atomic E-state index is 13.0. The van der Waals surface area contributed by atoms with Crippen molar-refractivity contribution in [2.45, 2.75) is 31.6 Å². The Balaban J connectivity index is 1.37. The van der Waals surface area contributed by atoms with Crippen molar-refractivity contribution in [1.29, 1.82) is 0 Å². The zero-order valence-corrected chi connectivity index (χ0v) is 16.4. The van der Waals surface area contributed by atoms with Crippen molar-refractivity contribution in [3.05, 3.63) is 53.1 Å². The van der Waals surface area contributed by atoms with E-state index in [9.17, 15) is 17.6 Å². The Morgan fingerprint density at radius 1 is 1.04 bits per heavy atom. The minimum atomic E-state index is -3.51. The number of carbonyl (C=O) groups excluding carboxylic acids is 1. The highest BCUT2D eigenvalue weighted by atomic mass is 32.2. The van der Waals surface area contributed by atoms with Gasteiger partial charge in [0.05, 0.1) is 5.75 Å². The van der Waals surface area contributed by atoms with Gasteiger partial charge in [0.1, 0.15) is 5.82 Å². The van der Waals surface area contributed by atoms with E-state index < -0.39 is 15.8 Å². The van der Waals surface area contributed by atoms with Gasteiger partial charge in [0, 0.05) is 38.4 Å². The largest absolute Gasteiger partial charge is 0.335 e. The van der Waals surface area contributed by atoms with Gasteiger partial charge in [-0.25, -0.2) is 12.8 Å². The second-order valence-electron chi connectivity index (χ2n) is 7.28. The summed E-state index contributed by atoms with van der Waals surface area (Å²) in [6, 6.07) is 7.33. The van der Waals surface area contributed by atoms with Crippen molar-refractivity contribution >= 4 is 15.9 Å². The zero-order valence-electron chi connectivity index (χ0n) is 15.6. The summed E-state index contributed by atoms with van der Waals surface area (Å²) >= 11 is 0. The highest BCUT2D eigenvalue weighted by Gasteiger charge is 2.30. The van der Waals surface area contributed by atoms with E-state index >= 15 is 0 Å². The smallest absolute Gasteiger partial charge is 0.274 e. The van der Waals surface area contributed by atoms with E-state index in [2.05, 4.69) is 5.10 Å². The molecule has 7 nitrogen and oxygen atoms in total. The van der Waals surface area contributed by atoms with Crippen LogP contribution in [0.15, 0.2) is 30.3 Å². The molecule has 1 aromatic carbocycles. The lowest BCUT2D eigenvalue weighted by Crippen LogP contribution is -2.50. The van der Waals surface area contributed by atoms with Crippen LogP contribution in [0.4, 0.5) is 4.39 Å². The maximum Gasteiger partial charge on any atom is 0.274 e. The van der Waals surface area contributed by atoms with Crippen LogP contribution in [0.25, 0.3) is 0 Å². The van der Waals surface area contributed by atoms with Crippen LogP contribution in [0.3, 0.4) is 0 Å². The first-order chi connectivity index (χ1) is 13.4. The van der Waals surface area contributed by atoms with E-state index in [-0.39, 0.29) is 24.7 Å². The number of aromatic nitrogens is 2. The van der Waals surface area contributed by atoms with Crippen LogP contribution in [0.2, 0.25) is 0 Å². The number of nitrogens with zero attached hydrogens (tertiary/aromatic N) is 4. The molecule has 2 aliphatic heterocycles. The molecule has 3 heterocycles. The molecular weight excluding hydrogens is 383 g/mol. The lowest BCUT2D eigenvalue weighted by molar-refractivity contribution is 0.0691. The SMILES string of the molecule is O=C(c1cc2n(n1)CCCC2)N1CCN(S(=O)(=O)Cc2ccc(F)cc2)CC1. The fourth-order valence-electron chi connectivity index (χ4n) is 3.74. The standard InChI is InChI=1S/C19H23FN4O3S/c20-16-6-4-15(5-7-16)14-28(26,27)23-11-9-22(10-12-23)19(25)18-13-17-3-1-2-8-24(17)21-18/h4-7,13H,1-3,8-12,14H2. The number of sulfonamides is 1. The summed E-state index contributed by atoms with van der Waals surface area (Å²) in [6.07, 6.45) is 3.13. The molecule has 1 aromatic heterocycles. The first-order valence-electron chi connectivity index (χ1n) is 9.51. The van der Waals surface area contributed by atoms with E-state index in [1.54, 1.807) is 4.90 Å². The number of aryl methyl sites for hydroxylation is 2. The molecule has 0 atom stereocenters. The molecule has 0 saturated carbocycles. The van der Waals surface area contributed by atoms with Crippen molar-refractivity contribution in [1.82, 2.24) is 19.0 Å². The molecule has 9 heteroatoms. The number of hydrogen-bond donors (Lipinski definition) is 0. The summed E-state index contributed by atoms with van der Waals surface area (Å²) in [5.41, 5.74) is 2.08. The molecule has 0 aliphatic carbocycles. The monoisotopic (exact) mass is 406 g/mol. The molecular formula is C19H23FN4O3S. The fourth-order valence-corrected chi connectivity index (χ4v) is 5.25.